The Labute approximate surface area is 133 Å². The number of thiazole rings is 1. The average Bonchev–Trinajstić information content (AvgIpc) is 3.01. The van der Waals surface area contributed by atoms with Gasteiger partial charge in [-0.05, 0) is 39.4 Å². The molecule has 1 aliphatic heterocycles. The SMILES string of the molecule is Cc1nc(-c2c(N)nsc2N2CC(C)N(C)C(C)C2)cs1. The van der Waals surface area contributed by atoms with Crippen molar-refractivity contribution in [2.24, 2.45) is 0 Å². The van der Waals surface area contributed by atoms with Crippen molar-refractivity contribution in [1.82, 2.24) is 14.3 Å². The number of hydrogen-bond donors (Lipinski definition) is 1. The lowest BCUT2D eigenvalue weighted by atomic mass is 10.1. The van der Waals surface area contributed by atoms with Crippen LogP contribution in [0.3, 0.4) is 0 Å². The Kier molecular flexibility index (Phi) is 3.90. The Morgan fingerprint density at radius 1 is 1.29 bits per heavy atom. The van der Waals surface area contributed by atoms with Gasteiger partial charge in [0.25, 0.3) is 0 Å². The maximum atomic E-state index is 6.11. The maximum absolute atomic E-state index is 6.11. The zero-order valence-electron chi connectivity index (χ0n) is 12.8. The number of nitrogen functional groups attached to an aromatic ring is 1. The highest BCUT2D eigenvalue weighted by molar-refractivity contribution is 7.11. The summed E-state index contributed by atoms with van der Waals surface area (Å²) in [6.45, 7) is 8.54. The van der Waals surface area contributed by atoms with Crippen LogP contribution in [0.15, 0.2) is 5.38 Å². The van der Waals surface area contributed by atoms with Crippen molar-refractivity contribution < 1.29 is 0 Å². The van der Waals surface area contributed by atoms with Gasteiger partial charge >= 0.3 is 0 Å². The molecule has 1 saturated heterocycles. The molecule has 0 aromatic carbocycles. The van der Waals surface area contributed by atoms with E-state index in [2.05, 4.69) is 45.4 Å². The quantitative estimate of drug-likeness (QED) is 0.921. The third-order valence-electron chi connectivity index (χ3n) is 4.22. The normalized spacial score (nSPS) is 23.7. The van der Waals surface area contributed by atoms with Crippen molar-refractivity contribution >= 4 is 33.7 Å². The van der Waals surface area contributed by atoms with Crippen molar-refractivity contribution in [3.8, 4) is 11.3 Å². The van der Waals surface area contributed by atoms with Crippen LogP contribution in [0.4, 0.5) is 10.8 Å². The summed E-state index contributed by atoms with van der Waals surface area (Å²) in [5.41, 5.74) is 8.08. The Balaban J connectivity index is 1.97. The molecule has 3 rings (SSSR count). The Morgan fingerprint density at radius 3 is 2.52 bits per heavy atom. The van der Waals surface area contributed by atoms with Crippen molar-refractivity contribution in [3.05, 3.63) is 10.4 Å². The van der Waals surface area contributed by atoms with E-state index < -0.39 is 0 Å². The van der Waals surface area contributed by atoms with E-state index in [0.29, 0.717) is 17.9 Å². The molecule has 2 atom stereocenters. The summed E-state index contributed by atoms with van der Waals surface area (Å²) in [6, 6.07) is 1.03. The fourth-order valence-corrected chi connectivity index (χ4v) is 4.24. The van der Waals surface area contributed by atoms with E-state index in [1.165, 1.54) is 11.5 Å². The second-order valence-electron chi connectivity index (χ2n) is 5.77. The van der Waals surface area contributed by atoms with Gasteiger partial charge in [-0.25, -0.2) is 4.98 Å². The predicted molar refractivity (Wildman–Crippen MR) is 91.3 cm³/mol. The number of piperazine rings is 1. The van der Waals surface area contributed by atoms with Gasteiger partial charge in [-0.2, -0.15) is 4.37 Å². The summed E-state index contributed by atoms with van der Waals surface area (Å²) in [7, 11) is 2.19. The number of anilines is 2. The lowest BCUT2D eigenvalue weighted by molar-refractivity contribution is 0.170. The molecular formula is C14H21N5S2. The fraction of sp³-hybridized carbons (Fsp3) is 0.571. The van der Waals surface area contributed by atoms with Gasteiger partial charge < -0.3 is 10.6 Å². The number of rotatable bonds is 2. The molecule has 21 heavy (non-hydrogen) atoms. The van der Waals surface area contributed by atoms with Crippen molar-refractivity contribution in [1.29, 1.82) is 0 Å². The summed E-state index contributed by atoms with van der Waals surface area (Å²) in [5.74, 6) is 0.597. The summed E-state index contributed by atoms with van der Waals surface area (Å²) in [5, 5.41) is 4.29. The van der Waals surface area contributed by atoms with Gasteiger partial charge in [0.2, 0.25) is 0 Å². The first-order chi connectivity index (χ1) is 9.97. The minimum Gasteiger partial charge on any atom is -0.382 e. The molecule has 2 aromatic heterocycles. The predicted octanol–water partition coefficient (Wildman–Crippen LogP) is 2.69. The van der Waals surface area contributed by atoms with E-state index in [4.69, 9.17) is 5.73 Å². The molecule has 0 saturated carbocycles. The maximum Gasteiger partial charge on any atom is 0.148 e. The van der Waals surface area contributed by atoms with Gasteiger partial charge in [0.05, 0.1) is 16.3 Å². The molecule has 2 aromatic rings. The Bertz CT molecular complexity index is 623. The number of aromatic nitrogens is 2. The van der Waals surface area contributed by atoms with Gasteiger partial charge in [-0.3, -0.25) is 4.90 Å². The molecular weight excluding hydrogens is 302 g/mol. The molecule has 1 aliphatic rings. The largest absolute Gasteiger partial charge is 0.382 e. The van der Waals surface area contributed by atoms with Crippen LogP contribution < -0.4 is 10.6 Å². The monoisotopic (exact) mass is 323 g/mol. The number of hydrogen-bond acceptors (Lipinski definition) is 7. The minimum atomic E-state index is 0.516. The molecule has 5 nitrogen and oxygen atoms in total. The minimum absolute atomic E-state index is 0.516. The molecule has 114 valence electrons. The van der Waals surface area contributed by atoms with Crippen LogP contribution >= 0.6 is 22.9 Å². The first-order valence-electron chi connectivity index (χ1n) is 7.12. The molecule has 0 aliphatic carbocycles. The summed E-state index contributed by atoms with van der Waals surface area (Å²) in [4.78, 5) is 9.42. The van der Waals surface area contributed by atoms with Crippen LogP contribution in [-0.4, -0.2) is 46.5 Å². The number of likely N-dealkylation sites (N-methyl/N-ethyl adjacent to an activating group) is 1. The average molecular weight is 323 g/mol. The molecule has 0 bridgehead atoms. The highest BCUT2D eigenvalue weighted by Crippen LogP contribution is 2.40. The highest BCUT2D eigenvalue weighted by atomic mass is 32.1. The lowest BCUT2D eigenvalue weighted by Crippen LogP contribution is -2.55. The van der Waals surface area contributed by atoms with Crippen LogP contribution in [0.2, 0.25) is 0 Å². The first kappa shape index (κ1) is 14.7. The topological polar surface area (TPSA) is 58.3 Å². The highest BCUT2D eigenvalue weighted by Gasteiger charge is 2.30. The Hall–Kier alpha value is -1.18. The van der Waals surface area contributed by atoms with Gasteiger partial charge in [-0.15, -0.1) is 11.3 Å². The summed E-state index contributed by atoms with van der Waals surface area (Å²) in [6.07, 6.45) is 0. The third kappa shape index (κ3) is 2.65. The molecule has 7 heteroatoms. The Morgan fingerprint density at radius 2 is 1.95 bits per heavy atom. The van der Waals surface area contributed by atoms with Crippen LogP contribution in [0, 0.1) is 6.92 Å². The number of nitrogens with zero attached hydrogens (tertiary/aromatic N) is 4. The zero-order chi connectivity index (χ0) is 15.1. The third-order valence-corrected chi connectivity index (χ3v) is 5.92. The van der Waals surface area contributed by atoms with E-state index in [9.17, 15) is 0 Å². The van der Waals surface area contributed by atoms with Crippen LogP contribution in [0.25, 0.3) is 11.3 Å². The molecule has 0 spiro atoms. The van der Waals surface area contributed by atoms with E-state index in [-0.39, 0.29) is 0 Å². The standard InChI is InChI=1S/C14H21N5S2/c1-8-5-19(6-9(2)18(8)4)14-12(13(15)17-21-14)11-7-20-10(3)16-11/h7-9H,5-6H2,1-4H3,(H2,15,17). The number of aryl methyl sites for hydroxylation is 1. The zero-order valence-corrected chi connectivity index (χ0v) is 14.5. The van der Waals surface area contributed by atoms with E-state index in [1.54, 1.807) is 11.3 Å². The first-order valence-corrected chi connectivity index (χ1v) is 8.77. The van der Waals surface area contributed by atoms with Crippen molar-refractivity contribution in [2.45, 2.75) is 32.9 Å². The van der Waals surface area contributed by atoms with Crippen molar-refractivity contribution in [3.63, 3.8) is 0 Å². The molecule has 2 unspecified atom stereocenters. The van der Waals surface area contributed by atoms with Crippen LogP contribution in [0.1, 0.15) is 18.9 Å². The second-order valence-corrected chi connectivity index (χ2v) is 7.58. The fourth-order valence-electron chi connectivity index (χ4n) is 2.80. The van der Waals surface area contributed by atoms with E-state index in [0.717, 1.165) is 34.4 Å². The number of nitrogens with two attached hydrogens (primary N) is 1. The van der Waals surface area contributed by atoms with Gasteiger partial charge in [0.1, 0.15) is 10.8 Å². The van der Waals surface area contributed by atoms with Crippen LogP contribution in [-0.2, 0) is 0 Å². The molecule has 0 radical (unpaired) electrons. The lowest BCUT2D eigenvalue weighted by Gasteiger charge is -2.43. The van der Waals surface area contributed by atoms with Gasteiger partial charge in [0, 0.05) is 30.6 Å². The molecule has 3 heterocycles. The van der Waals surface area contributed by atoms with Gasteiger partial charge in [0.15, 0.2) is 0 Å². The van der Waals surface area contributed by atoms with E-state index in [1.807, 2.05) is 6.92 Å². The van der Waals surface area contributed by atoms with Crippen LogP contribution in [0.5, 0.6) is 0 Å². The summed E-state index contributed by atoms with van der Waals surface area (Å²) < 4.78 is 4.38. The molecule has 0 amide bonds. The van der Waals surface area contributed by atoms with Crippen molar-refractivity contribution in [2.75, 3.05) is 30.8 Å². The van der Waals surface area contributed by atoms with Gasteiger partial charge in [-0.1, -0.05) is 0 Å². The van der Waals surface area contributed by atoms with E-state index >= 15 is 0 Å². The summed E-state index contributed by atoms with van der Waals surface area (Å²) >= 11 is 3.14. The molecule has 1 fully saturated rings. The molecule has 2 N–H and O–H groups in total. The second kappa shape index (κ2) is 5.55. The smallest absolute Gasteiger partial charge is 0.148 e.